The monoisotopic (exact) mass is 293 g/mol. The van der Waals surface area contributed by atoms with Crippen molar-refractivity contribution in [3.63, 3.8) is 0 Å². The summed E-state index contributed by atoms with van der Waals surface area (Å²) in [4.78, 5) is 8.74. The lowest BCUT2D eigenvalue weighted by Crippen LogP contribution is -2.23. The van der Waals surface area contributed by atoms with E-state index >= 15 is 0 Å². The number of nitrogens with one attached hydrogen (secondary N) is 2. The summed E-state index contributed by atoms with van der Waals surface area (Å²) in [5, 5.41) is 15.8. The fourth-order valence-electron chi connectivity index (χ4n) is 2.72. The number of rotatable bonds is 4. The number of hydrogen-bond donors (Lipinski definition) is 2. The van der Waals surface area contributed by atoms with Gasteiger partial charge in [0.25, 0.3) is 0 Å². The van der Waals surface area contributed by atoms with Crippen molar-refractivity contribution in [3.05, 3.63) is 42.1 Å². The molecule has 2 aromatic rings. The summed E-state index contributed by atoms with van der Waals surface area (Å²) >= 11 is 0. The quantitative estimate of drug-likeness (QED) is 0.896. The van der Waals surface area contributed by atoms with Crippen LogP contribution in [-0.2, 0) is 0 Å². The number of hydrogen-bond acceptors (Lipinski definition) is 5. The Morgan fingerprint density at radius 1 is 1.09 bits per heavy atom. The van der Waals surface area contributed by atoms with E-state index in [0.29, 0.717) is 23.4 Å². The fourth-order valence-corrected chi connectivity index (χ4v) is 2.72. The molecule has 5 heteroatoms. The molecule has 1 heterocycles. The van der Waals surface area contributed by atoms with Crippen molar-refractivity contribution in [2.24, 2.45) is 0 Å². The maximum Gasteiger partial charge on any atom is 0.224 e. The van der Waals surface area contributed by atoms with Crippen molar-refractivity contribution in [2.45, 2.75) is 38.1 Å². The molecule has 1 aromatic heterocycles. The van der Waals surface area contributed by atoms with Gasteiger partial charge in [0.2, 0.25) is 5.95 Å². The third-order valence-electron chi connectivity index (χ3n) is 3.88. The van der Waals surface area contributed by atoms with Gasteiger partial charge in [-0.3, -0.25) is 0 Å². The lowest BCUT2D eigenvalue weighted by atomic mass is 9.96. The lowest BCUT2D eigenvalue weighted by molar-refractivity contribution is 0.461. The van der Waals surface area contributed by atoms with Gasteiger partial charge in [0.15, 0.2) is 5.82 Å². The second-order valence-electron chi connectivity index (χ2n) is 5.54. The molecule has 22 heavy (non-hydrogen) atoms. The zero-order chi connectivity index (χ0) is 15.2. The molecule has 1 saturated carbocycles. The summed E-state index contributed by atoms with van der Waals surface area (Å²) in [7, 11) is 0. The van der Waals surface area contributed by atoms with E-state index in [2.05, 4.69) is 26.7 Å². The number of nitrogens with zero attached hydrogens (tertiary/aromatic N) is 3. The molecule has 0 saturated heterocycles. The minimum absolute atomic E-state index is 0.436. The average Bonchev–Trinajstić information content (AvgIpc) is 2.57. The fraction of sp³-hybridized carbons (Fsp3) is 0.353. The van der Waals surface area contributed by atoms with Gasteiger partial charge in [0.05, 0.1) is 6.20 Å². The van der Waals surface area contributed by atoms with E-state index in [0.717, 1.165) is 18.5 Å². The van der Waals surface area contributed by atoms with Crippen LogP contribution in [0.25, 0.3) is 0 Å². The Kier molecular flexibility index (Phi) is 4.50. The molecule has 1 aromatic carbocycles. The SMILES string of the molecule is N#Cc1cnc(NC2CCCCC2)nc1Nc1ccccc1. The van der Waals surface area contributed by atoms with Crippen molar-refractivity contribution in [2.75, 3.05) is 10.6 Å². The first-order valence-corrected chi connectivity index (χ1v) is 7.71. The molecule has 0 spiro atoms. The Balaban J connectivity index is 1.78. The summed E-state index contributed by atoms with van der Waals surface area (Å²) < 4.78 is 0. The average molecular weight is 293 g/mol. The number of para-hydroxylation sites is 1. The van der Waals surface area contributed by atoms with Gasteiger partial charge in [-0.05, 0) is 25.0 Å². The molecule has 0 radical (unpaired) electrons. The Morgan fingerprint density at radius 3 is 2.59 bits per heavy atom. The van der Waals surface area contributed by atoms with Crippen LogP contribution in [-0.4, -0.2) is 16.0 Å². The van der Waals surface area contributed by atoms with E-state index in [-0.39, 0.29) is 0 Å². The Morgan fingerprint density at radius 2 is 1.86 bits per heavy atom. The molecule has 3 rings (SSSR count). The summed E-state index contributed by atoms with van der Waals surface area (Å²) in [6.07, 6.45) is 7.71. The molecule has 1 aliphatic carbocycles. The van der Waals surface area contributed by atoms with Crippen LogP contribution in [0.2, 0.25) is 0 Å². The predicted molar refractivity (Wildman–Crippen MR) is 87.0 cm³/mol. The highest BCUT2D eigenvalue weighted by Gasteiger charge is 2.15. The second kappa shape index (κ2) is 6.90. The van der Waals surface area contributed by atoms with Gasteiger partial charge >= 0.3 is 0 Å². The minimum atomic E-state index is 0.436. The third kappa shape index (κ3) is 3.53. The van der Waals surface area contributed by atoms with Crippen molar-refractivity contribution in [1.82, 2.24) is 9.97 Å². The largest absolute Gasteiger partial charge is 0.351 e. The van der Waals surface area contributed by atoms with Gasteiger partial charge in [-0.1, -0.05) is 37.5 Å². The molecule has 1 aliphatic rings. The lowest BCUT2D eigenvalue weighted by Gasteiger charge is -2.22. The van der Waals surface area contributed by atoms with Crippen LogP contribution in [0.15, 0.2) is 36.5 Å². The number of aromatic nitrogens is 2. The Hall–Kier alpha value is -2.61. The summed E-state index contributed by atoms with van der Waals surface area (Å²) in [6, 6.07) is 12.3. The summed E-state index contributed by atoms with van der Waals surface area (Å²) in [5.41, 5.74) is 1.35. The van der Waals surface area contributed by atoms with E-state index in [1.165, 1.54) is 19.3 Å². The predicted octanol–water partition coefficient (Wildman–Crippen LogP) is 3.84. The zero-order valence-corrected chi connectivity index (χ0v) is 12.4. The van der Waals surface area contributed by atoms with Crippen LogP contribution >= 0.6 is 0 Å². The van der Waals surface area contributed by atoms with Crippen LogP contribution < -0.4 is 10.6 Å². The Bertz CT molecular complexity index is 656. The van der Waals surface area contributed by atoms with Crippen LogP contribution in [0, 0.1) is 11.3 Å². The van der Waals surface area contributed by atoms with Crippen LogP contribution in [0.4, 0.5) is 17.5 Å². The maximum absolute atomic E-state index is 9.22. The highest BCUT2D eigenvalue weighted by Crippen LogP contribution is 2.22. The molecule has 5 nitrogen and oxygen atoms in total. The summed E-state index contributed by atoms with van der Waals surface area (Å²) in [5.74, 6) is 1.13. The summed E-state index contributed by atoms with van der Waals surface area (Å²) in [6.45, 7) is 0. The van der Waals surface area contributed by atoms with E-state index in [4.69, 9.17) is 0 Å². The van der Waals surface area contributed by atoms with Gasteiger partial charge in [0.1, 0.15) is 11.6 Å². The first-order valence-electron chi connectivity index (χ1n) is 7.71. The molecule has 0 unspecified atom stereocenters. The molecular weight excluding hydrogens is 274 g/mol. The number of anilines is 3. The first kappa shape index (κ1) is 14.3. The molecule has 0 atom stereocenters. The Labute approximate surface area is 130 Å². The molecule has 112 valence electrons. The van der Waals surface area contributed by atoms with E-state index in [1.54, 1.807) is 6.20 Å². The second-order valence-corrected chi connectivity index (χ2v) is 5.54. The number of nitriles is 1. The third-order valence-corrected chi connectivity index (χ3v) is 3.88. The molecule has 0 amide bonds. The molecule has 0 aliphatic heterocycles. The van der Waals surface area contributed by atoms with Gasteiger partial charge in [-0.2, -0.15) is 10.2 Å². The zero-order valence-electron chi connectivity index (χ0n) is 12.4. The standard InChI is InChI=1S/C17H19N5/c18-11-13-12-19-17(21-15-9-5-2-6-10-15)22-16(13)20-14-7-3-1-4-8-14/h1,3-4,7-8,12,15H,2,5-6,9-10H2,(H2,19,20,21,22). The molecule has 0 bridgehead atoms. The van der Waals surface area contributed by atoms with Crippen LogP contribution in [0.1, 0.15) is 37.7 Å². The van der Waals surface area contributed by atoms with E-state index < -0.39 is 0 Å². The van der Waals surface area contributed by atoms with E-state index in [1.807, 2.05) is 30.3 Å². The number of benzene rings is 1. The van der Waals surface area contributed by atoms with E-state index in [9.17, 15) is 5.26 Å². The smallest absolute Gasteiger partial charge is 0.224 e. The highest BCUT2D eigenvalue weighted by molar-refractivity contribution is 5.63. The molecule has 1 fully saturated rings. The van der Waals surface area contributed by atoms with Crippen molar-refractivity contribution in [3.8, 4) is 6.07 Å². The minimum Gasteiger partial charge on any atom is -0.351 e. The highest BCUT2D eigenvalue weighted by atomic mass is 15.2. The van der Waals surface area contributed by atoms with Crippen molar-refractivity contribution >= 4 is 17.5 Å². The first-order chi connectivity index (χ1) is 10.8. The topological polar surface area (TPSA) is 73.6 Å². The van der Waals surface area contributed by atoms with Crippen molar-refractivity contribution < 1.29 is 0 Å². The normalized spacial score (nSPS) is 15.0. The van der Waals surface area contributed by atoms with Crippen LogP contribution in [0.3, 0.4) is 0 Å². The molecular formula is C17H19N5. The van der Waals surface area contributed by atoms with Gasteiger partial charge in [-0.25, -0.2) is 4.98 Å². The maximum atomic E-state index is 9.22. The van der Waals surface area contributed by atoms with Gasteiger partial charge in [0, 0.05) is 11.7 Å². The van der Waals surface area contributed by atoms with Gasteiger partial charge in [-0.15, -0.1) is 0 Å². The molecule has 2 N–H and O–H groups in total. The van der Waals surface area contributed by atoms with Crippen LogP contribution in [0.5, 0.6) is 0 Å². The van der Waals surface area contributed by atoms with Crippen molar-refractivity contribution in [1.29, 1.82) is 5.26 Å². The van der Waals surface area contributed by atoms with Gasteiger partial charge < -0.3 is 10.6 Å².